The zero-order chi connectivity index (χ0) is 15.5. The summed E-state index contributed by atoms with van der Waals surface area (Å²) in [5.74, 6) is 0. The van der Waals surface area contributed by atoms with Gasteiger partial charge in [0.25, 0.3) is 5.56 Å². The second-order valence-electron chi connectivity index (χ2n) is 4.92. The first kappa shape index (κ1) is 14.5. The summed E-state index contributed by atoms with van der Waals surface area (Å²) >= 11 is 6.22. The maximum absolute atomic E-state index is 11.9. The topological polar surface area (TPSA) is 46.1 Å². The molecule has 0 saturated carbocycles. The molecular weight excluding hydrogens is 298 g/mol. The van der Waals surface area contributed by atoms with Gasteiger partial charge in [-0.25, -0.2) is 0 Å². The van der Waals surface area contributed by atoms with Gasteiger partial charge in [0.15, 0.2) is 0 Å². The molecule has 0 aliphatic carbocycles. The van der Waals surface area contributed by atoms with Crippen LogP contribution in [0.25, 0.3) is 10.9 Å². The van der Waals surface area contributed by atoms with Gasteiger partial charge in [-0.15, -0.1) is 0 Å². The lowest BCUT2D eigenvalue weighted by atomic mass is 10.2. The number of hydrogen-bond acceptors (Lipinski definition) is 3. The molecular formula is C17H16ClN3O. The van der Waals surface area contributed by atoms with Crippen molar-refractivity contribution in [1.29, 1.82) is 0 Å². The number of benzene rings is 2. The summed E-state index contributed by atoms with van der Waals surface area (Å²) in [4.78, 5) is 11.9. The fourth-order valence-corrected chi connectivity index (χ4v) is 2.66. The molecule has 5 heteroatoms. The van der Waals surface area contributed by atoms with Crippen molar-refractivity contribution in [3.8, 4) is 0 Å². The van der Waals surface area contributed by atoms with E-state index in [-0.39, 0.29) is 5.56 Å². The molecule has 0 unspecified atom stereocenters. The van der Waals surface area contributed by atoms with Crippen LogP contribution < -0.4 is 16.4 Å². The summed E-state index contributed by atoms with van der Waals surface area (Å²) in [7, 11) is 0. The molecule has 0 spiro atoms. The minimum absolute atomic E-state index is 0.0804. The molecule has 0 radical (unpaired) electrons. The lowest BCUT2D eigenvalue weighted by Gasteiger charge is -2.13. The van der Waals surface area contributed by atoms with Crippen molar-refractivity contribution in [2.45, 2.75) is 13.5 Å². The number of para-hydroxylation sites is 1. The van der Waals surface area contributed by atoms with E-state index in [9.17, 15) is 4.79 Å². The Bertz CT molecular complexity index is 859. The number of aryl methyl sites for hydroxylation is 1. The largest absolute Gasteiger partial charge is 0.308 e. The van der Waals surface area contributed by atoms with Crippen molar-refractivity contribution in [1.82, 2.24) is 4.57 Å². The number of fused-ring (bicyclic) bond motifs is 1. The quantitative estimate of drug-likeness (QED) is 0.712. The third-order valence-corrected chi connectivity index (χ3v) is 3.81. The van der Waals surface area contributed by atoms with Gasteiger partial charge in [-0.05, 0) is 37.3 Å². The molecule has 22 heavy (non-hydrogen) atoms. The Kier molecular flexibility index (Phi) is 4.02. The fraction of sp³-hybridized carbons (Fsp3) is 0.118. The maximum Gasteiger partial charge on any atom is 0.252 e. The number of nitrogens with zero attached hydrogens (tertiary/aromatic N) is 1. The first-order valence-electron chi connectivity index (χ1n) is 7.09. The van der Waals surface area contributed by atoms with E-state index in [1.54, 1.807) is 4.57 Å². The molecule has 0 amide bonds. The first-order valence-corrected chi connectivity index (χ1v) is 7.47. The summed E-state index contributed by atoms with van der Waals surface area (Å²) in [6.07, 6.45) is 0. The highest BCUT2D eigenvalue weighted by molar-refractivity contribution is 6.35. The van der Waals surface area contributed by atoms with Gasteiger partial charge in [-0.2, -0.15) is 0 Å². The van der Waals surface area contributed by atoms with Gasteiger partial charge in [0.2, 0.25) is 0 Å². The van der Waals surface area contributed by atoms with E-state index in [0.29, 0.717) is 11.6 Å². The van der Waals surface area contributed by atoms with Crippen molar-refractivity contribution >= 4 is 33.9 Å². The van der Waals surface area contributed by atoms with E-state index in [1.807, 2.05) is 55.5 Å². The summed E-state index contributed by atoms with van der Waals surface area (Å²) in [5, 5.41) is 1.32. The molecule has 1 heterocycles. The zero-order valence-electron chi connectivity index (χ0n) is 12.1. The Hall–Kier alpha value is -2.46. The molecule has 3 aromatic rings. The predicted molar refractivity (Wildman–Crippen MR) is 92.6 cm³/mol. The van der Waals surface area contributed by atoms with Crippen LogP contribution in [0.5, 0.6) is 0 Å². The van der Waals surface area contributed by atoms with Crippen LogP contribution in [0, 0.1) is 0 Å². The highest BCUT2D eigenvalue weighted by Gasteiger charge is 2.07. The average Bonchev–Trinajstić information content (AvgIpc) is 2.54. The SMILES string of the molecule is CCn1c(=O)cc(Cl)c2cc(NNc3ccccc3)ccc21. The highest BCUT2D eigenvalue weighted by atomic mass is 35.5. The Balaban J connectivity index is 1.95. The van der Waals surface area contributed by atoms with Gasteiger partial charge in [-0.3, -0.25) is 4.79 Å². The normalized spacial score (nSPS) is 10.6. The lowest BCUT2D eigenvalue weighted by Crippen LogP contribution is -2.18. The minimum Gasteiger partial charge on any atom is -0.308 e. The number of anilines is 2. The number of pyridine rings is 1. The van der Waals surface area contributed by atoms with Gasteiger partial charge >= 0.3 is 0 Å². The standard InChI is InChI=1S/C17H16ClN3O/c1-2-21-16-9-8-13(10-14(16)15(18)11-17(21)22)20-19-12-6-4-3-5-7-12/h3-11,19-20H,2H2,1H3. The molecule has 0 aliphatic rings. The minimum atomic E-state index is -0.0804. The second-order valence-corrected chi connectivity index (χ2v) is 5.33. The molecule has 0 atom stereocenters. The molecule has 3 rings (SSSR count). The monoisotopic (exact) mass is 313 g/mol. The molecule has 4 nitrogen and oxygen atoms in total. The van der Waals surface area contributed by atoms with Crippen LogP contribution >= 0.6 is 11.6 Å². The van der Waals surface area contributed by atoms with Crippen LogP contribution in [-0.2, 0) is 6.54 Å². The van der Waals surface area contributed by atoms with Gasteiger partial charge in [0, 0.05) is 18.0 Å². The number of rotatable bonds is 4. The Morgan fingerprint density at radius 1 is 1.00 bits per heavy atom. The summed E-state index contributed by atoms with van der Waals surface area (Å²) in [5.41, 5.74) is 8.86. The van der Waals surface area contributed by atoms with Gasteiger partial charge in [0.05, 0.1) is 21.9 Å². The number of hydrazine groups is 1. The average molecular weight is 314 g/mol. The Morgan fingerprint density at radius 3 is 2.45 bits per heavy atom. The smallest absolute Gasteiger partial charge is 0.252 e. The first-order chi connectivity index (χ1) is 10.7. The van der Waals surface area contributed by atoms with Gasteiger partial charge in [-0.1, -0.05) is 29.8 Å². The van der Waals surface area contributed by atoms with Gasteiger partial charge in [0.1, 0.15) is 0 Å². The van der Waals surface area contributed by atoms with E-state index < -0.39 is 0 Å². The van der Waals surface area contributed by atoms with Crippen molar-refractivity contribution in [3.05, 3.63) is 70.0 Å². The molecule has 0 bridgehead atoms. The van der Waals surface area contributed by atoms with Crippen LogP contribution in [0.4, 0.5) is 11.4 Å². The Morgan fingerprint density at radius 2 is 1.73 bits per heavy atom. The highest BCUT2D eigenvalue weighted by Crippen LogP contribution is 2.25. The van der Waals surface area contributed by atoms with Crippen LogP contribution in [0.15, 0.2) is 59.4 Å². The van der Waals surface area contributed by atoms with Crippen molar-refractivity contribution in [3.63, 3.8) is 0 Å². The predicted octanol–water partition coefficient (Wildman–Crippen LogP) is 4.11. The number of hydrogen-bond donors (Lipinski definition) is 2. The third kappa shape index (κ3) is 2.78. The summed E-state index contributed by atoms with van der Waals surface area (Å²) in [6, 6.07) is 17.0. The van der Waals surface area contributed by atoms with Crippen LogP contribution in [0.2, 0.25) is 5.02 Å². The van der Waals surface area contributed by atoms with Crippen LogP contribution in [0.3, 0.4) is 0 Å². The zero-order valence-corrected chi connectivity index (χ0v) is 12.9. The maximum atomic E-state index is 11.9. The molecule has 2 aromatic carbocycles. The molecule has 2 N–H and O–H groups in total. The summed E-state index contributed by atoms with van der Waals surface area (Å²) < 4.78 is 1.70. The van der Waals surface area contributed by atoms with E-state index >= 15 is 0 Å². The van der Waals surface area contributed by atoms with Crippen LogP contribution in [0.1, 0.15) is 6.92 Å². The lowest BCUT2D eigenvalue weighted by molar-refractivity contribution is 0.760. The van der Waals surface area contributed by atoms with E-state index in [2.05, 4.69) is 10.9 Å². The van der Waals surface area contributed by atoms with Crippen molar-refractivity contribution < 1.29 is 0 Å². The second kappa shape index (κ2) is 6.12. The molecule has 112 valence electrons. The molecule has 1 aromatic heterocycles. The van der Waals surface area contributed by atoms with E-state index in [0.717, 1.165) is 22.3 Å². The van der Waals surface area contributed by atoms with E-state index in [1.165, 1.54) is 6.07 Å². The van der Waals surface area contributed by atoms with Crippen LogP contribution in [-0.4, -0.2) is 4.57 Å². The van der Waals surface area contributed by atoms with Gasteiger partial charge < -0.3 is 15.4 Å². The number of halogens is 1. The van der Waals surface area contributed by atoms with Crippen molar-refractivity contribution in [2.75, 3.05) is 10.9 Å². The number of nitrogens with one attached hydrogen (secondary N) is 2. The fourth-order valence-electron chi connectivity index (χ4n) is 2.42. The van der Waals surface area contributed by atoms with Crippen molar-refractivity contribution in [2.24, 2.45) is 0 Å². The Labute approximate surface area is 133 Å². The summed E-state index contributed by atoms with van der Waals surface area (Å²) in [6.45, 7) is 2.55. The molecule has 0 fully saturated rings. The third-order valence-electron chi connectivity index (χ3n) is 3.50. The van der Waals surface area contributed by atoms with E-state index in [4.69, 9.17) is 11.6 Å². The molecule has 0 aliphatic heterocycles. The molecule has 0 saturated heterocycles. The number of aromatic nitrogens is 1.